The molecule has 2 N–H and O–H groups in total. The lowest BCUT2D eigenvalue weighted by Gasteiger charge is -2.20. The Balaban J connectivity index is 1.34. The van der Waals surface area contributed by atoms with E-state index in [0.717, 1.165) is 35.3 Å². The summed E-state index contributed by atoms with van der Waals surface area (Å²) >= 11 is 0. The van der Waals surface area contributed by atoms with Crippen LogP contribution in [0.2, 0.25) is 0 Å². The van der Waals surface area contributed by atoms with Crippen molar-refractivity contribution in [1.82, 2.24) is 15.5 Å². The molecule has 2 aromatic carbocycles. The van der Waals surface area contributed by atoms with E-state index >= 15 is 0 Å². The van der Waals surface area contributed by atoms with E-state index in [1.54, 1.807) is 4.90 Å². The maximum absolute atomic E-state index is 12.7. The first-order chi connectivity index (χ1) is 14.6. The number of amides is 3. The molecule has 1 saturated carbocycles. The largest absolute Gasteiger partial charge is 0.491 e. The molecule has 1 aliphatic carbocycles. The van der Waals surface area contributed by atoms with Crippen molar-refractivity contribution < 1.29 is 14.3 Å². The third kappa shape index (κ3) is 5.53. The van der Waals surface area contributed by atoms with Gasteiger partial charge in [0.15, 0.2) is 0 Å². The summed E-state index contributed by atoms with van der Waals surface area (Å²) in [5.41, 5.74) is 4.35. The van der Waals surface area contributed by atoms with Crippen molar-refractivity contribution in [3.8, 4) is 5.75 Å². The molecule has 2 aliphatic rings. The van der Waals surface area contributed by atoms with E-state index in [9.17, 15) is 9.59 Å². The molecular weight excluding hydrogens is 378 g/mol. The fourth-order valence-corrected chi connectivity index (χ4v) is 3.56. The predicted molar refractivity (Wildman–Crippen MR) is 115 cm³/mol. The maximum atomic E-state index is 12.7. The SMILES string of the molecule is Cc1ccc(CNC(=O)N2CCOc3ccc(CCC(=O)NC4CC4)cc3C2)cc1. The Morgan fingerprint density at radius 3 is 2.63 bits per heavy atom. The van der Waals surface area contributed by atoms with Crippen LogP contribution in [0.1, 0.15) is 41.5 Å². The normalized spacial score (nSPS) is 15.6. The van der Waals surface area contributed by atoms with Crippen LogP contribution in [0.4, 0.5) is 4.79 Å². The second-order valence-corrected chi connectivity index (χ2v) is 8.20. The van der Waals surface area contributed by atoms with Gasteiger partial charge in [0.25, 0.3) is 0 Å². The lowest BCUT2D eigenvalue weighted by molar-refractivity contribution is -0.121. The Morgan fingerprint density at radius 1 is 1.10 bits per heavy atom. The Kier molecular flexibility index (Phi) is 6.21. The summed E-state index contributed by atoms with van der Waals surface area (Å²) < 4.78 is 5.85. The van der Waals surface area contributed by atoms with Gasteiger partial charge in [-0.15, -0.1) is 0 Å². The Bertz CT molecular complexity index is 906. The number of hydrogen-bond donors (Lipinski definition) is 2. The van der Waals surface area contributed by atoms with Gasteiger partial charge in [-0.25, -0.2) is 4.79 Å². The van der Waals surface area contributed by atoms with E-state index in [2.05, 4.69) is 16.7 Å². The molecule has 2 aromatic rings. The number of carbonyl (C=O) groups excluding carboxylic acids is 2. The van der Waals surface area contributed by atoms with Crippen LogP contribution >= 0.6 is 0 Å². The minimum absolute atomic E-state index is 0.0961. The van der Waals surface area contributed by atoms with Crippen molar-refractivity contribution in [2.45, 2.75) is 51.7 Å². The lowest BCUT2D eigenvalue weighted by Crippen LogP contribution is -2.40. The van der Waals surface area contributed by atoms with Crippen LogP contribution in [0, 0.1) is 6.92 Å². The Hall–Kier alpha value is -3.02. The Labute approximate surface area is 177 Å². The standard InChI is InChI=1S/C24H29N3O3/c1-17-2-4-19(5-3-17)15-25-24(29)27-12-13-30-22-10-6-18(14-20(22)16-27)7-11-23(28)26-21-8-9-21/h2-6,10,14,21H,7-9,11-13,15-16H2,1H3,(H,25,29)(H,26,28). The summed E-state index contributed by atoms with van der Waals surface area (Å²) in [6.45, 7) is 4.04. The molecule has 0 atom stereocenters. The molecule has 30 heavy (non-hydrogen) atoms. The summed E-state index contributed by atoms with van der Waals surface area (Å²) in [5.74, 6) is 0.927. The molecule has 1 aliphatic heterocycles. The minimum atomic E-state index is -0.0961. The number of fused-ring (bicyclic) bond motifs is 1. The van der Waals surface area contributed by atoms with Crippen LogP contribution in [0.3, 0.4) is 0 Å². The molecule has 0 unspecified atom stereocenters. The van der Waals surface area contributed by atoms with E-state index in [4.69, 9.17) is 4.74 Å². The highest BCUT2D eigenvalue weighted by atomic mass is 16.5. The van der Waals surface area contributed by atoms with E-state index in [1.165, 1.54) is 5.56 Å². The molecule has 6 nitrogen and oxygen atoms in total. The van der Waals surface area contributed by atoms with Gasteiger partial charge in [-0.2, -0.15) is 0 Å². The maximum Gasteiger partial charge on any atom is 0.318 e. The average Bonchev–Trinajstić information content (AvgIpc) is 3.57. The summed E-state index contributed by atoms with van der Waals surface area (Å²) in [6.07, 6.45) is 3.37. The third-order valence-electron chi connectivity index (χ3n) is 5.54. The molecule has 0 aromatic heterocycles. The number of urea groups is 1. The minimum Gasteiger partial charge on any atom is -0.491 e. The van der Waals surface area contributed by atoms with Crippen LogP contribution in [0.5, 0.6) is 5.75 Å². The van der Waals surface area contributed by atoms with Crippen molar-refractivity contribution in [1.29, 1.82) is 0 Å². The van der Waals surface area contributed by atoms with Crippen molar-refractivity contribution in [2.75, 3.05) is 13.2 Å². The molecule has 0 saturated heterocycles. The second kappa shape index (κ2) is 9.20. The van der Waals surface area contributed by atoms with E-state index in [1.807, 2.05) is 43.3 Å². The van der Waals surface area contributed by atoms with Gasteiger partial charge in [0.1, 0.15) is 12.4 Å². The van der Waals surface area contributed by atoms with E-state index < -0.39 is 0 Å². The number of ether oxygens (including phenoxy) is 1. The number of nitrogens with one attached hydrogen (secondary N) is 2. The molecule has 1 fully saturated rings. The molecular formula is C24H29N3O3. The first kappa shape index (κ1) is 20.3. The van der Waals surface area contributed by atoms with Gasteiger partial charge in [0.2, 0.25) is 5.91 Å². The van der Waals surface area contributed by atoms with Crippen molar-refractivity contribution in [3.63, 3.8) is 0 Å². The quantitative estimate of drug-likeness (QED) is 0.772. The summed E-state index contributed by atoms with van der Waals surface area (Å²) in [5, 5.41) is 6.03. The van der Waals surface area contributed by atoms with E-state index in [-0.39, 0.29) is 11.9 Å². The lowest BCUT2D eigenvalue weighted by atomic mass is 10.0. The fraction of sp³-hybridized carbons (Fsp3) is 0.417. The molecule has 0 bridgehead atoms. The zero-order valence-electron chi connectivity index (χ0n) is 17.4. The number of hydrogen-bond acceptors (Lipinski definition) is 3. The third-order valence-corrected chi connectivity index (χ3v) is 5.54. The first-order valence-electron chi connectivity index (χ1n) is 10.7. The van der Waals surface area contributed by atoms with Crippen LogP contribution < -0.4 is 15.4 Å². The van der Waals surface area contributed by atoms with Gasteiger partial charge < -0.3 is 20.3 Å². The topological polar surface area (TPSA) is 70.7 Å². The zero-order chi connectivity index (χ0) is 20.9. The van der Waals surface area contributed by atoms with Gasteiger partial charge in [0.05, 0.1) is 13.1 Å². The van der Waals surface area contributed by atoms with Gasteiger partial charge >= 0.3 is 6.03 Å². The highest BCUT2D eigenvalue weighted by Gasteiger charge is 2.23. The first-order valence-corrected chi connectivity index (χ1v) is 10.7. The second-order valence-electron chi connectivity index (χ2n) is 8.20. The zero-order valence-corrected chi connectivity index (χ0v) is 17.4. The molecule has 1 heterocycles. The highest BCUT2D eigenvalue weighted by Crippen LogP contribution is 2.25. The van der Waals surface area contributed by atoms with Crippen molar-refractivity contribution in [3.05, 3.63) is 64.7 Å². The average molecular weight is 408 g/mol. The number of aryl methyl sites for hydroxylation is 2. The number of benzene rings is 2. The summed E-state index contributed by atoms with van der Waals surface area (Å²) in [4.78, 5) is 26.5. The van der Waals surface area contributed by atoms with Gasteiger partial charge in [-0.1, -0.05) is 42.0 Å². The van der Waals surface area contributed by atoms with Crippen LogP contribution in [-0.2, 0) is 24.3 Å². The molecule has 6 heteroatoms. The van der Waals surface area contributed by atoms with Crippen LogP contribution in [0.25, 0.3) is 0 Å². The molecule has 4 rings (SSSR count). The smallest absolute Gasteiger partial charge is 0.318 e. The molecule has 3 amide bonds. The van der Waals surface area contributed by atoms with Gasteiger partial charge in [-0.05, 0) is 43.4 Å². The number of carbonyl (C=O) groups is 2. The molecule has 0 radical (unpaired) electrons. The number of nitrogens with zero attached hydrogens (tertiary/aromatic N) is 1. The number of rotatable bonds is 6. The monoisotopic (exact) mass is 407 g/mol. The molecule has 0 spiro atoms. The molecule has 158 valence electrons. The van der Waals surface area contributed by atoms with Crippen molar-refractivity contribution >= 4 is 11.9 Å². The van der Waals surface area contributed by atoms with Crippen LogP contribution in [-0.4, -0.2) is 36.0 Å². The van der Waals surface area contributed by atoms with Crippen molar-refractivity contribution in [2.24, 2.45) is 0 Å². The highest BCUT2D eigenvalue weighted by molar-refractivity contribution is 5.77. The van der Waals surface area contributed by atoms with Crippen LogP contribution in [0.15, 0.2) is 42.5 Å². The summed E-state index contributed by atoms with van der Waals surface area (Å²) in [7, 11) is 0. The van der Waals surface area contributed by atoms with E-state index in [0.29, 0.717) is 45.1 Å². The fourth-order valence-electron chi connectivity index (χ4n) is 3.56. The van der Waals surface area contributed by atoms with Gasteiger partial charge in [-0.3, -0.25) is 4.79 Å². The predicted octanol–water partition coefficient (Wildman–Crippen LogP) is 3.31. The summed E-state index contributed by atoms with van der Waals surface area (Å²) in [6, 6.07) is 14.5. The Morgan fingerprint density at radius 2 is 1.87 bits per heavy atom. The van der Waals surface area contributed by atoms with Gasteiger partial charge in [0, 0.05) is 24.6 Å².